The lowest BCUT2D eigenvalue weighted by Crippen LogP contribution is -2.60. The Labute approximate surface area is 192 Å². The molecule has 1 fully saturated rings. The third kappa shape index (κ3) is 6.76. The Kier molecular flexibility index (Phi) is 11.1. The highest BCUT2D eigenvalue weighted by Crippen LogP contribution is 2.34. The van der Waals surface area contributed by atoms with Crippen LogP contribution in [-0.2, 0) is 4.74 Å². The molecule has 4 N–H and O–H groups in total. The number of ether oxygens (including phenoxy) is 2. The van der Waals surface area contributed by atoms with Crippen molar-refractivity contribution < 1.29 is 29.9 Å². The second kappa shape index (κ2) is 13.3. The Morgan fingerprint density at radius 1 is 1.06 bits per heavy atom. The van der Waals surface area contributed by atoms with Crippen molar-refractivity contribution in [3.05, 3.63) is 35.4 Å². The third-order valence-corrected chi connectivity index (χ3v) is 6.01. The van der Waals surface area contributed by atoms with Crippen LogP contribution in [0.1, 0.15) is 57.6 Å². The molecular formula is C25H41NO6. The quantitative estimate of drug-likeness (QED) is 0.387. The molecular weight excluding hydrogens is 410 g/mol. The Morgan fingerprint density at radius 3 is 2.44 bits per heavy atom. The van der Waals surface area contributed by atoms with E-state index in [-0.39, 0.29) is 0 Å². The van der Waals surface area contributed by atoms with Crippen molar-refractivity contribution in [3.8, 4) is 5.75 Å². The molecule has 1 saturated heterocycles. The SMILES string of the molecule is CCC/C=C(/CCN(CC)CCC)c1c(C)cccc1OC1OC(CO)C(O)C(O)C1O. The first-order valence-corrected chi connectivity index (χ1v) is 11.9. The molecule has 0 saturated carbocycles. The van der Waals surface area contributed by atoms with Crippen LogP contribution >= 0.6 is 0 Å². The largest absolute Gasteiger partial charge is 0.461 e. The predicted octanol–water partition coefficient (Wildman–Crippen LogP) is 2.48. The van der Waals surface area contributed by atoms with E-state index in [1.54, 1.807) is 0 Å². The maximum absolute atomic E-state index is 10.4. The smallest absolute Gasteiger partial charge is 0.229 e. The monoisotopic (exact) mass is 451 g/mol. The summed E-state index contributed by atoms with van der Waals surface area (Å²) in [5.41, 5.74) is 3.19. The lowest BCUT2D eigenvalue weighted by atomic mass is 9.95. The molecule has 1 heterocycles. The van der Waals surface area contributed by atoms with Crippen LogP contribution in [0.3, 0.4) is 0 Å². The van der Waals surface area contributed by atoms with Crippen molar-refractivity contribution in [3.63, 3.8) is 0 Å². The minimum atomic E-state index is -1.47. The minimum Gasteiger partial charge on any atom is -0.461 e. The zero-order valence-corrected chi connectivity index (χ0v) is 19.9. The Hall–Kier alpha value is -1.48. The molecule has 1 aliphatic heterocycles. The number of unbranched alkanes of at least 4 members (excludes halogenated alkanes) is 1. The maximum atomic E-state index is 10.4. The van der Waals surface area contributed by atoms with Gasteiger partial charge in [0.25, 0.3) is 0 Å². The van der Waals surface area contributed by atoms with Crippen molar-refractivity contribution in [2.45, 2.75) is 84.1 Å². The van der Waals surface area contributed by atoms with E-state index < -0.39 is 37.3 Å². The molecule has 0 spiro atoms. The molecule has 0 aliphatic carbocycles. The molecule has 0 bridgehead atoms. The number of aliphatic hydroxyl groups excluding tert-OH is 4. The molecule has 0 radical (unpaired) electrons. The molecule has 32 heavy (non-hydrogen) atoms. The molecule has 5 atom stereocenters. The van der Waals surface area contributed by atoms with Crippen LogP contribution in [0.15, 0.2) is 24.3 Å². The average Bonchev–Trinajstić information content (AvgIpc) is 2.79. The van der Waals surface area contributed by atoms with E-state index in [1.165, 1.54) is 5.57 Å². The summed E-state index contributed by atoms with van der Waals surface area (Å²) in [6.45, 7) is 11.0. The van der Waals surface area contributed by atoms with Gasteiger partial charge in [-0.15, -0.1) is 0 Å². The first kappa shape index (κ1) is 26.8. The molecule has 1 aromatic carbocycles. The van der Waals surface area contributed by atoms with Crippen LogP contribution < -0.4 is 4.74 Å². The highest BCUT2D eigenvalue weighted by Gasteiger charge is 2.44. The van der Waals surface area contributed by atoms with Gasteiger partial charge in [-0.05, 0) is 56.5 Å². The number of benzene rings is 1. The van der Waals surface area contributed by atoms with E-state index in [1.807, 2.05) is 25.1 Å². The van der Waals surface area contributed by atoms with Crippen molar-refractivity contribution in [2.75, 3.05) is 26.2 Å². The lowest BCUT2D eigenvalue weighted by molar-refractivity contribution is -0.277. The topological polar surface area (TPSA) is 103 Å². The molecule has 2 rings (SSSR count). The summed E-state index contributed by atoms with van der Waals surface area (Å²) in [6, 6.07) is 5.73. The van der Waals surface area contributed by atoms with Gasteiger partial charge in [-0.25, -0.2) is 0 Å². The van der Waals surface area contributed by atoms with Crippen LogP contribution in [-0.4, -0.2) is 82.3 Å². The number of allylic oxidation sites excluding steroid dienone is 1. The summed E-state index contributed by atoms with van der Waals surface area (Å²) in [6.07, 6.45) is -0.326. The van der Waals surface area contributed by atoms with Crippen LogP contribution in [0.4, 0.5) is 0 Å². The summed E-state index contributed by atoms with van der Waals surface area (Å²) in [7, 11) is 0. The summed E-state index contributed by atoms with van der Waals surface area (Å²) in [5, 5.41) is 40.1. The van der Waals surface area contributed by atoms with Crippen LogP contribution in [0.2, 0.25) is 0 Å². The zero-order chi connectivity index (χ0) is 23.7. The highest BCUT2D eigenvalue weighted by atomic mass is 16.7. The lowest BCUT2D eigenvalue weighted by Gasteiger charge is -2.39. The summed E-state index contributed by atoms with van der Waals surface area (Å²) in [4.78, 5) is 2.43. The maximum Gasteiger partial charge on any atom is 0.229 e. The second-order valence-electron chi connectivity index (χ2n) is 8.47. The van der Waals surface area contributed by atoms with Gasteiger partial charge in [0.1, 0.15) is 30.2 Å². The van der Waals surface area contributed by atoms with Crippen molar-refractivity contribution in [1.29, 1.82) is 0 Å². The number of nitrogens with zero attached hydrogens (tertiary/aromatic N) is 1. The first-order chi connectivity index (χ1) is 15.4. The molecule has 182 valence electrons. The fraction of sp³-hybridized carbons (Fsp3) is 0.680. The third-order valence-electron chi connectivity index (χ3n) is 6.01. The molecule has 5 unspecified atom stereocenters. The molecule has 0 amide bonds. The zero-order valence-electron chi connectivity index (χ0n) is 19.9. The molecule has 1 aliphatic rings. The average molecular weight is 452 g/mol. The first-order valence-electron chi connectivity index (χ1n) is 11.9. The fourth-order valence-corrected chi connectivity index (χ4v) is 4.11. The number of hydrogen-bond acceptors (Lipinski definition) is 7. The van der Waals surface area contributed by atoms with Gasteiger partial charge in [0.05, 0.1) is 6.61 Å². The predicted molar refractivity (Wildman–Crippen MR) is 125 cm³/mol. The number of aryl methyl sites for hydroxylation is 1. The van der Waals surface area contributed by atoms with Crippen LogP contribution in [0.25, 0.3) is 5.57 Å². The van der Waals surface area contributed by atoms with Crippen molar-refractivity contribution in [1.82, 2.24) is 4.90 Å². The summed E-state index contributed by atoms with van der Waals surface area (Å²) in [5.74, 6) is 0.551. The molecule has 7 heteroatoms. The Balaban J connectivity index is 2.32. The van der Waals surface area contributed by atoms with Crippen LogP contribution in [0, 0.1) is 6.92 Å². The van der Waals surface area contributed by atoms with Gasteiger partial charge in [-0.2, -0.15) is 0 Å². The van der Waals surface area contributed by atoms with Crippen LogP contribution in [0.5, 0.6) is 5.75 Å². The van der Waals surface area contributed by atoms with E-state index in [9.17, 15) is 20.4 Å². The van der Waals surface area contributed by atoms with Gasteiger partial charge < -0.3 is 34.8 Å². The van der Waals surface area contributed by atoms with E-state index >= 15 is 0 Å². The van der Waals surface area contributed by atoms with Gasteiger partial charge >= 0.3 is 0 Å². The number of aliphatic hydroxyl groups is 4. The number of hydrogen-bond donors (Lipinski definition) is 4. The van der Waals surface area contributed by atoms with Gasteiger partial charge in [-0.1, -0.05) is 45.4 Å². The normalized spacial score (nSPS) is 26.5. The molecule has 0 aromatic heterocycles. The Bertz CT molecular complexity index is 722. The Morgan fingerprint density at radius 2 is 1.81 bits per heavy atom. The van der Waals surface area contributed by atoms with Gasteiger partial charge in [0, 0.05) is 12.1 Å². The van der Waals surface area contributed by atoms with Crippen molar-refractivity contribution >= 4 is 5.57 Å². The van der Waals surface area contributed by atoms with E-state index in [0.717, 1.165) is 56.4 Å². The summed E-state index contributed by atoms with van der Waals surface area (Å²) >= 11 is 0. The summed E-state index contributed by atoms with van der Waals surface area (Å²) < 4.78 is 11.6. The molecule has 1 aromatic rings. The van der Waals surface area contributed by atoms with Gasteiger partial charge in [0.2, 0.25) is 6.29 Å². The standard InChI is InChI=1S/C25H41NO6/c1-5-8-11-18(13-15-26(7-3)14-6-2)21-17(4)10-9-12-19(21)31-25-24(30)23(29)22(28)20(16-27)32-25/h9-12,20,22-25,27-30H,5-8,13-16H2,1-4H3/b18-11-. The minimum absolute atomic E-state index is 0.489. The second-order valence-corrected chi connectivity index (χ2v) is 8.47. The van der Waals surface area contributed by atoms with E-state index in [0.29, 0.717) is 5.75 Å². The van der Waals surface area contributed by atoms with Gasteiger partial charge in [-0.3, -0.25) is 0 Å². The van der Waals surface area contributed by atoms with Crippen molar-refractivity contribution in [2.24, 2.45) is 0 Å². The fourth-order valence-electron chi connectivity index (χ4n) is 4.11. The van der Waals surface area contributed by atoms with E-state index in [2.05, 4.69) is 31.7 Å². The highest BCUT2D eigenvalue weighted by molar-refractivity contribution is 5.73. The van der Waals surface area contributed by atoms with E-state index in [4.69, 9.17) is 9.47 Å². The number of rotatable bonds is 12. The van der Waals surface area contributed by atoms with Gasteiger partial charge in [0.15, 0.2) is 0 Å². The molecule has 7 nitrogen and oxygen atoms in total.